The van der Waals surface area contributed by atoms with Crippen LogP contribution < -0.4 is 0 Å². The first-order chi connectivity index (χ1) is 50.6. The number of hydrogen-bond donors (Lipinski definition) is 3. The molecule has 0 bridgehead atoms. The highest BCUT2D eigenvalue weighted by Gasteiger charge is 2.30. The number of hydrogen-bond acceptors (Lipinski definition) is 15. The van der Waals surface area contributed by atoms with E-state index in [4.69, 9.17) is 37.0 Å². The van der Waals surface area contributed by atoms with Crippen molar-refractivity contribution in [3.8, 4) is 0 Å². The Morgan fingerprint density at radius 3 is 0.590 bits per heavy atom. The second kappa shape index (κ2) is 74.8. The van der Waals surface area contributed by atoms with Crippen LogP contribution >= 0.6 is 15.6 Å². The van der Waals surface area contributed by atoms with E-state index in [2.05, 4.69) is 55.4 Å². The van der Waals surface area contributed by atoms with Gasteiger partial charge >= 0.3 is 39.5 Å². The highest BCUT2D eigenvalue weighted by Crippen LogP contribution is 2.45. The number of ether oxygens (including phenoxy) is 4. The zero-order valence-corrected chi connectivity index (χ0v) is 71.2. The first kappa shape index (κ1) is 103. The van der Waals surface area contributed by atoms with Crippen LogP contribution in [-0.4, -0.2) is 96.7 Å². The lowest BCUT2D eigenvalue weighted by molar-refractivity contribution is -0.161. The number of phosphoric ester groups is 2. The van der Waals surface area contributed by atoms with Crippen LogP contribution in [0.15, 0.2) is 0 Å². The molecule has 0 spiro atoms. The lowest BCUT2D eigenvalue weighted by Crippen LogP contribution is -2.30. The Kier molecular flexibility index (Phi) is 73.4. The molecule has 624 valence electrons. The fourth-order valence-corrected chi connectivity index (χ4v) is 14.9. The number of rotatable bonds is 83. The van der Waals surface area contributed by atoms with Crippen LogP contribution in [0, 0.1) is 23.7 Å². The van der Waals surface area contributed by atoms with Crippen LogP contribution in [0.25, 0.3) is 0 Å². The van der Waals surface area contributed by atoms with E-state index in [1.54, 1.807) is 0 Å². The van der Waals surface area contributed by atoms with Crippen LogP contribution in [0.5, 0.6) is 0 Å². The van der Waals surface area contributed by atoms with E-state index in [1.165, 1.54) is 244 Å². The lowest BCUT2D eigenvalue weighted by Gasteiger charge is -2.21. The molecule has 0 aromatic carbocycles. The van der Waals surface area contributed by atoms with E-state index in [1.807, 2.05) is 0 Å². The average Bonchev–Trinajstić information content (AvgIpc) is 0.904. The Balaban J connectivity index is 5.23. The van der Waals surface area contributed by atoms with Gasteiger partial charge in [-0.25, -0.2) is 9.13 Å². The fourth-order valence-electron chi connectivity index (χ4n) is 13.3. The first-order valence-corrected chi connectivity index (χ1v) is 47.2. The maximum Gasteiger partial charge on any atom is 0.472 e. The number of aliphatic hydroxyl groups is 1. The quantitative estimate of drug-likeness (QED) is 0.0222. The molecule has 3 N–H and O–H groups in total. The minimum Gasteiger partial charge on any atom is -0.462 e. The van der Waals surface area contributed by atoms with E-state index in [0.29, 0.717) is 31.6 Å². The van der Waals surface area contributed by atoms with Crippen LogP contribution in [0.1, 0.15) is 447 Å². The van der Waals surface area contributed by atoms with Gasteiger partial charge in [-0.3, -0.25) is 37.3 Å². The number of unbranched alkanes of at least 4 members (excludes halogenated alkanes) is 49. The number of carbonyl (C=O) groups is 4. The monoisotopic (exact) mass is 1540 g/mol. The Hall–Kier alpha value is -1.94. The molecule has 0 saturated carbocycles. The summed E-state index contributed by atoms with van der Waals surface area (Å²) in [6, 6.07) is 0. The summed E-state index contributed by atoms with van der Waals surface area (Å²) in [4.78, 5) is 73.2. The van der Waals surface area contributed by atoms with Crippen LogP contribution in [0.4, 0.5) is 0 Å². The Bertz CT molecular complexity index is 2040. The molecule has 0 rings (SSSR count). The number of esters is 4. The zero-order valence-electron chi connectivity index (χ0n) is 69.4. The van der Waals surface area contributed by atoms with E-state index >= 15 is 0 Å². The fraction of sp³-hybridized carbons (Fsp3) is 0.953. The molecule has 17 nitrogen and oxygen atoms in total. The molecule has 0 aliphatic heterocycles. The van der Waals surface area contributed by atoms with Crippen LogP contribution in [-0.2, 0) is 65.4 Å². The SMILES string of the molecule is CC(C)CCCCCCCCCCCCCCCCCCCCC(=O)O[C@H](COC(=O)CCCCCCCCCCCCCCCCCCC(C)C)COP(=O)(O)OCC(O)COP(=O)(O)OC[C@@H](COC(=O)CCCCCCCCCC(C)C)OC(=O)CCCCCCCCCCCCCCC(C)C. The van der Waals surface area contributed by atoms with E-state index in [9.17, 15) is 43.2 Å². The van der Waals surface area contributed by atoms with E-state index in [-0.39, 0.29) is 25.7 Å². The summed E-state index contributed by atoms with van der Waals surface area (Å²) in [5.74, 6) is 1.01. The third-order valence-corrected chi connectivity index (χ3v) is 22.0. The second-order valence-electron chi connectivity index (χ2n) is 32.8. The van der Waals surface area contributed by atoms with Gasteiger partial charge in [0.25, 0.3) is 0 Å². The number of phosphoric acid groups is 2. The van der Waals surface area contributed by atoms with Crippen molar-refractivity contribution in [1.29, 1.82) is 0 Å². The standard InChI is InChI=1S/C86H168O17P2/c1-76(2)62-54-46-38-31-25-19-15-11-9-10-12-18-22-29-35-43-52-60-68-85(90)102-81(72-96-83(88)66-58-50-42-34-28-21-17-14-13-16-20-26-32-39-47-55-63-77(3)4)74-100-104(92,93)98-70-80(87)71-99-105(94,95)101-75-82(73-97-84(89)67-59-51-45-37-41-49-57-65-79(7)8)103-86(91)69-61-53-44-36-30-24-23-27-33-40-48-56-64-78(5)6/h76-82,87H,9-75H2,1-8H3,(H,92,93)(H,94,95)/t80?,81-,82-/m1/s1. The summed E-state index contributed by atoms with van der Waals surface area (Å²) in [7, 11) is -9.93. The summed E-state index contributed by atoms with van der Waals surface area (Å²) >= 11 is 0. The van der Waals surface area contributed by atoms with Crippen molar-refractivity contribution in [2.75, 3.05) is 39.6 Å². The van der Waals surface area contributed by atoms with Crippen molar-refractivity contribution in [2.24, 2.45) is 23.7 Å². The molecule has 0 aliphatic rings. The molecule has 0 amide bonds. The van der Waals surface area contributed by atoms with Crippen molar-refractivity contribution in [2.45, 2.75) is 465 Å². The summed E-state index contributed by atoms with van der Waals surface area (Å²) in [5, 5.41) is 10.7. The second-order valence-corrected chi connectivity index (χ2v) is 35.7. The van der Waals surface area contributed by atoms with Crippen molar-refractivity contribution in [3.63, 3.8) is 0 Å². The Morgan fingerprint density at radius 2 is 0.400 bits per heavy atom. The topological polar surface area (TPSA) is 237 Å². The molecule has 0 saturated heterocycles. The summed E-state index contributed by atoms with van der Waals surface area (Å²) in [6.07, 6.45) is 64.0. The summed E-state index contributed by atoms with van der Waals surface area (Å²) in [5.41, 5.74) is 0. The molecule has 0 aliphatic carbocycles. The molecule has 3 unspecified atom stereocenters. The molecule has 0 aromatic rings. The van der Waals surface area contributed by atoms with Gasteiger partial charge in [-0.1, -0.05) is 396 Å². The van der Waals surface area contributed by atoms with E-state index in [0.717, 1.165) is 114 Å². The summed E-state index contributed by atoms with van der Waals surface area (Å²) < 4.78 is 68.9. The van der Waals surface area contributed by atoms with Crippen LogP contribution in [0.3, 0.4) is 0 Å². The molecular weight excluding hydrogens is 1370 g/mol. The Labute approximate surface area is 645 Å². The third-order valence-electron chi connectivity index (χ3n) is 20.1. The van der Waals surface area contributed by atoms with Gasteiger partial charge in [0.15, 0.2) is 12.2 Å². The maximum atomic E-state index is 13.1. The van der Waals surface area contributed by atoms with Crippen LogP contribution in [0.2, 0.25) is 0 Å². The smallest absolute Gasteiger partial charge is 0.462 e. The predicted molar refractivity (Wildman–Crippen MR) is 432 cm³/mol. The zero-order chi connectivity index (χ0) is 77.4. The van der Waals surface area contributed by atoms with Gasteiger partial charge in [-0.05, 0) is 49.4 Å². The number of aliphatic hydroxyl groups excluding tert-OH is 1. The maximum absolute atomic E-state index is 13.1. The van der Waals surface area contributed by atoms with Gasteiger partial charge in [0.2, 0.25) is 0 Å². The van der Waals surface area contributed by atoms with Gasteiger partial charge in [-0.15, -0.1) is 0 Å². The number of carbonyl (C=O) groups excluding carboxylic acids is 4. The first-order valence-electron chi connectivity index (χ1n) is 44.2. The molecule has 0 fully saturated rings. The molecular formula is C86H168O17P2. The molecule has 0 heterocycles. The molecule has 5 atom stereocenters. The predicted octanol–water partition coefficient (Wildman–Crippen LogP) is 25.9. The largest absolute Gasteiger partial charge is 0.472 e. The highest BCUT2D eigenvalue weighted by atomic mass is 31.2. The lowest BCUT2D eigenvalue weighted by atomic mass is 10.0. The third kappa shape index (κ3) is 79.9. The van der Waals surface area contributed by atoms with Gasteiger partial charge in [0.05, 0.1) is 26.4 Å². The highest BCUT2D eigenvalue weighted by molar-refractivity contribution is 7.47. The molecule has 19 heteroatoms. The van der Waals surface area contributed by atoms with Gasteiger partial charge in [-0.2, -0.15) is 0 Å². The van der Waals surface area contributed by atoms with Crippen molar-refractivity contribution < 1.29 is 80.2 Å². The van der Waals surface area contributed by atoms with E-state index < -0.39 is 97.5 Å². The summed E-state index contributed by atoms with van der Waals surface area (Å²) in [6.45, 7) is 14.3. The molecule has 105 heavy (non-hydrogen) atoms. The Morgan fingerprint density at radius 1 is 0.238 bits per heavy atom. The van der Waals surface area contributed by atoms with Gasteiger partial charge in [0, 0.05) is 25.7 Å². The van der Waals surface area contributed by atoms with Crippen molar-refractivity contribution >= 4 is 39.5 Å². The minimum absolute atomic E-state index is 0.106. The van der Waals surface area contributed by atoms with Crippen molar-refractivity contribution in [3.05, 3.63) is 0 Å². The van der Waals surface area contributed by atoms with Gasteiger partial charge < -0.3 is 33.8 Å². The average molecular weight is 1540 g/mol. The molecule has 0 aromatic heterocycles. The van der Waals surface area contributed by atoms with Gasteiger partial charge in [0.1, 0.15) is 19.3 Å². The minimum atomic E-state index is -4.97. The normalized spacial score (nSPS) is 13.9. The van der Waals surface area contributed by atoms with Crippen molar-refractivity contribution in [1.82, 2.24) is 0 Å². The molecule has 0 radical (unpaired) electrons.